The van der Waals surface area contributed by atoms with Crippen molar-refractivity contribution in [3.05, 3.63) is 34.4 Å². The van der Waals surface area contributed by atoms with Crippen molar-refractivity contribution in [2.24, 2.45) is 5.41 Å². The Balaban J connectivity index is 1.83. The van der Waals surface area contributed by atoms with Crippen molar-refractivity contribution in [3.8, 4) is 6.07 Å². The number of nitrogens with one attached hydrogen (secondary N) is 1. The van der Waals surface area contributed by atoms with Gasteiger partial charge in [0.05, 0.1) is 19.3 Å². The Bertz CT molecular complexity index is 498. The van der Waals surface area contributed by atoms with Gasteiger partial charge >= 0.3 is 0 Å². The van der Waals surface area contributed by atoms with Crippen LogP contribution >= 0.6 is 0 Å². The third-order valence-electron chi connectivity index (χ3n) is 4.20. The predicted octanol–water partition coefficient (Wildman–Crippen LogP) is 2.28. The molecule has 102 valence electrons. The molecule has 0 spiro atoms. The van der Waals surface area contributed by atoms with E-state index in [1.54, 1.807) is 0 Å². The second-order valence-electron chi connectivity index (χ2n) is 5.60. The van der Waals surface area contributed by atoms with Gasteiger partial charge in [-0.3, -0.25) is 0 Å². The molecular formula is C16H22N2O. The maximum absolute atomic E-state index is 9.09. The molecule has 1 aromatic rings. The maximum atomic E-state index is 9.09. The summed E-state index contributed by atoms with van der Waals surface area (Å²) in [6.07, 6.45) is 1.01. The van der Waals surface area contributed by atoms with Gasteiger partial charge in [0.15, 0.2) is 0 Å². The van der Waals surface area contributed by atoms with Gasteiger partial charge in [-0.15, -0.1) is 0 Å². The molecular weight excluding hydrogens is 236 g/mol. The van der Waals surface area contributed by atoms with E-state index in [9.17, 15) is 0 Å². The zero-order valence-electron chi connectivity index (χ0n) is 12.0. The van der Waals surface area contributed by atoms with Gasteiger partial charge in [-0.2, -0.15) is 5.26 Å². The van der Waals surface area contributed by atoms with Crippen LogP contribution in [0, 0.1) is 37.5 Å². The number of nitrogens with zero attached hydrogens (tertiary/aromatic N) is 1. The van der Waals surface area contributed by atoms with Gasteiger partial charge in [0.25, 0.3) is 0 Å². The molecule has 1 N–H and O–H groups in total. The normalized spacial score (nSPS) is 16.7. The number of hydrogen-bond donors (Lipinski definition) is 1. The summed E-state index contributed by atoms with van der Waals surface area (Å²) in [4.78, 5) is 0. The fourth-order valence-electron chi connectivity index (χ4n) is 2.39. The standard InChI is InChI=1S/C16H22N2O/c1-12-4-5-15(14(3)13(12)2)6-7-18-9-16(8-17)10-19-11-16/h4-5,18H,6-7,9-11H2,1-3H3. The summed E-state index contributed by atoms with van der Waals surface area (Å²) in [5.74, 6) is 0. The van der Waals surface area contributed by atoms with E-state index >= 15 is 0 Å². The fourth-order valence-corrected chi connectivity index (χ4v) is 2.39. The molecule has 1 heterocycles. The van der Waals surface area contributed by atoms with Crippen LogP contribution in [-0.2, 0) is 11.2 Å². The highest BCUT2D eigenvalue weighted by molar-refractivity contribution is 5.38. The maximum Gasteiger partial charge on any atom is 0.116 e. The molecule has 0 radical (unpaired) electrons. The topological polar surface area (TPSA) is 45.0 Å². The van der Waals surface area contributed by atoms with E-state index in [4.69, 9.17) is 10.00 Å². The molecule has 1 aromatic carbocycles. The zero-order chi connectivity index (χ0) is 13.9. The van der Waals surface area contributed by atoms with Gasteiger partial charge in [-0.1, -0.05) is 12.1 Å². The predicted molar refractivity (Wildman–Crippen MR) is 76.1 cm³/mol. The molecule has 1 fully saturated rings. The molecule has 19 heavy (non-hydrogen) atoms. The minimum atomic E-state index is -0.280. The van der Waals surface area contributed by atoms with Crippen LogP contribution in [0.5, 0.6) is 0 Å². The van der Waals surface area contributed by atoms with Gasteiger partial charge in [-0.25, -0.2) is 0 Å². The molecule has 3 heteroatoms. The molecule has 1 saturated heterocycles. The lowest BCUT2D eigenvalue weighted by atomic mass is 9.88. The first kappa shape index (κ1) is 14.0. The average molecular weight is 258 g/mol. The van der Waals surface area contributed by atoms with Gasteiger partial charge in [0.2, 0.25) is 0 Å². The number of hydrogen-bond acceptors (Lipinski definition) is 3. The highest BCUT2D eigenvalue weighted by atomic mass is 16.5. The second kappa shape index (κ2) is 5.73. The Labute approximate surface area is 115 Å². The minimum Gasteiger partial charge on any atom is -0.378 e. The molecule has 0 atom stereocenters. The quantitative estimate of drug-likeness (QED) is 0.824. The number of rotatable bonds is 5. The zero-order valence-corrected chi connectivity index (χ0v) is 12.0. The number of benzene rings is 1. The van der Waals surface area contributed by atoms with Crippen LogP contribution in [-0.4, -0.2) is 26.3 Å². The average Bonchev–Trinajstić information content (AvgIpc) is 2.37. The van der Waals surface area contributed by atoms with Gasteiger partial charge in [-0.05, 0) is 56.0 Å². The van der Waals surface area contributed by atoms with Gasteiger partial charge in [0.1, 0.15) is 5.41 Å². The van der Waals surface area contributed by atoms with Gasteiger partial charge < -0.3 is 10.1 Å². The Kier molecular flexibility index (Phi) is 4.24. The van der Waals surface area contributed by atoms with Crippen molar-refractivity contribution in [3.63, 3.8) is 0 Å². The highest BCUT2D eigenvalue weighted by Crippen LogP contribution is 2.25. The van der Waals surface area contributed by atoms with Crippen LogP contribution in [0.1, 0.15) is 22.3 Å². The summed E-state index contributed by atoms with van der Waals surface area (Å²) in [6, 6.07) is 6.76. The van der Waals surface area contributed by atoms with Crippen molar-refractivity contribution in [1.82, 2.24) is 5.32 Å². The van der Waals surface area contributed by atoms with Crippen LogP contribution in [0.2, 0.25) is 0 Å². The summed E-state index contributed by atoms with van der Waals surface area (Å²) in [5, 5.41) is 12.5. The Morgan fingerprint density at radius 2 is 2.00 bits per heavy atom. The van der Waals surface area contributed by atoms with Crippen LogP contribution in [0.15, 0.2) is 12.1 Å². The number of nitriles is 1. The van der Waals surface area contributed by atoms with Crippen LogP contribution in [0.25, 0.3) is 0 Å². The molecule has 0 amide bonds. The van der Waals surface area contributed by atoms with E-state index < -0.39 is 0 Å². The van der Waals surface area contributed by atoms with E-state index in [1.165, 1.54) is 22.3 Å². The lowest BCUT2D eigenvalue weighted by Crippen LogP contribution is -2.48. The van der Waals surface area contributed by atoms with Crippen LogP contribution < -0.4 is 5.32 Å². The minimum absolute atomic E-state index is 0.280. The summed E-state index contributed by atoms with van der Waals surface area (Å²) < 4.78 is 5.13. The molecule has 0 aliphatic carbocycles. The molecule has 1 aliphatic rings. The summed E-state index contributed by atoms with van der Waals surface area (Å²) in [6.45, 7) is 9.29. The summed E-state index contributed by atoms with van der Waals surface area (Å²) in [7, 11) is 0. The molecule has 0 saturated carbocycles. The first-order valence-corrected chi connectivity index (χ1v) is 6.83. The molecule has 2 rings (SSSR count). The van der Waals surface area contributed by atoms with Crippen molar-refractivity contribution in [1.29, 1.82) is 5.26 Å². The molecule has 0 unspecified atom stereocenters. The van der Waals surface area contributed by atoms with Gasteiger partial charge in [0, 0.05) is 6.54 Å². The summed E-state index contributed by atoms with van der Waals surface area (Å²) in [5.41, 5.74) is 5.25. The monoisotopic (exact) mass is 258 g/mol. The molecule has 1 aliphatic heterocycles. The largest absolute Gasteiger partial charge is 0.378 e. The first-order valence-electron chi connectivity index (χ1n) is 6.83. The number of ether oxygens (including phenoxy) is 1. The van der Waals surface area contributed by atoms with E-state index in [0.29, 0.717) is 13.2 Å². The molecule has 0 aromatic heterocycles. The SMILES string of the molecule is Cc1ccc(CCNCC2(C#N)COC2)c(C)c1C. The third-order valence-corrected chi connectivity index (χ3v) is 4.20. The lowest BCUT2D eigenvalue weighted by Gasteiger charge is -2.35. The molecule has 0 bridgehead atoms. The van der Waals surface area contributed by atoms with Crippen molar-refractivity contribution in [2.75, 3.05) is 26.3 Å². The van der Waals surface area contributed by atoms with Crippen LogP contribution in [0.3, 0.4) is 0 Å². The smallest absolute Gasteiger partial charge is 0.116 e. The van der Waals surface area contributed by atoms with Crippen molar-refractivity contribution >= 4 is 0 Å². The van der Waals surface area contributed by atoms with E-state index in [-0.39, 0.29) is 5.41 Å². The Morgan fingerprint density at radius 3 is 2.58 bits per heavy atom. The summed E-state index contributed by atoms with van der Waals surface area (Å²) >= 11 is 0. The van der Waals surface area contributed by atoms with E-state index in [1.807, 2.05) is 0 Å². The van der Waals surface area contributed by atoms with Crippen molar-refractivity contribution in [2.45, 2.75) is 27.2 Å². The molecule has 3 nitrogen and oxygen atoms in total. The fraction of sp³-hybridized carbons (Fsp3) is 0.562. The Morgan fingerprint density at radius 1 is 1.26 bits per heavy atom. The van der Waals surface area contributed by atoms with E-state index in [0.717, 1.165) is 19.5 Å². The second-order valence-corrected chi connectivity index (χ2v) is 5.60. The first-order chi connectivity index (χ1) is 9.08. The highest BCUT2D eigenvalue weighted by Gasteiger charge is 2.38. The van der Waals surface area contributed by atoms with Crippen LogP contribution in [0.4, 0.5) is 0 Å². The Hall–Kier alpha value is -1.37. The van der Waals surface area contributed by atoms with E-state index in [2.05, 4.69) is 44.3 Å². The third kappa shape index (κ3) is 2.97. The lowest BCUT2D eigenvalue weighted by molar-refractivity contribution is -0.0752. The van der Waals surface area contributed by atoms with Crippen molar-refractivity contribution < 1.29 is 4.74 Å². The number of aryl methyl sites for hydroxylation is 1.